The maximum Gasteiger partial charge on any atom is 0.246 e. The van der Waals surface area contributed by atoms with Crippen LogP contribution in [-0.4, -0.2) is 22.2 Å². The zero-order chi connectivity index (χ0) is 15.0. The lowest BCUT2D eigenvalue weighted by molar-refractivity contribution is -0.117. The number of rotatable bonds is 4. The van der Waals surface area contributed by atoms with Gasteiger partial charge < -0.3 is 15.4 Å². The Balaban J connectivity index is 1.92. The van der Waals surface area contributed by atoms with Gasteiger partial charge in [0, 0.05) is 24.4 Å². The number of aromatic nitrogens is 2. The molecule has 1 aliphatic rings. The van der Waals surface area contributed by atoms with Crippen LogP contribution in [0.5, 0.6) is 11.5 Å². The van der Waals surface area contributed by atoms with Crippen molar-refractivity contribution >= 4 is 27.5 Å². The third kappa shape index (κ3) is 2.66. The van der Waals surface area contributed by atoms with Crippen LogP contribution in [0.2, 0.25) is 0 Å². The average molecular weight is 351 g/mol. The summed E-state index contributed by atoms with van der Waals surface area (Å²) in [5, 5.41) is 10.1. The molecule has 0 saturated carbocycles. The molecule has 2 N–H and O–H groups in total. The Bertz CT molecular complexity index is 698. The highest BCUT2D eigenvalue weighted by Crippen LogP contribution is 2.40. The second kappa shape index (κ2) is 5.50. The minimum atomic E-state index is -0.311. The molecule has 0 saturated heterocycles. The van der Waals surface area contributed by atoms with Gasteiger partial charge in [-0.3, -0.25) is 9.48 Å². The van der Waals surface area contributed by atoms with Gasteiger partial charge in [0.1, 0.15) is 11.8 Å². The van der Waals surface area contributed by atoms with Gasteiger partial charge in [0.2, 0.25) is 5.91 Å². The van der Waals surface area contributed by atoms with E-state index in [1.165, 1.54) is 0 Å². The normalized spacial score (nSPS) is 16.7. The Labute approximate surface area is 130 Å². The average Bonchev–Trinajstić information content (AvgIpc) is 2.96. The van der Waals surface area contributed by atoms with Crippen LogP contribution in [0.3, 0.4) is 0 Å². The highest BCUT2D eigenvalue weighted by atomic mass is 79.9. The molecule has 110 valence electrons. The molecule has 0 aliphatic carbocycles. The molecule has 21 heavy (non-hydrogen) atoms. The van der Waals surface area contributed by atoms with Crippen molar-refractivity contribution in [1.82, 2.24) is 15.1 Å². The molecule has 0 radical (unpaired) electrons. The van der Waals surface area contributed by atoms with Gasteiger partial charge in [0.05, 0.1) is 16.9 Å². The Kier molecular flexibility index (Phi) is 3.69. The summed E-state index contributed by atoms with van der Waals surface area (Å²) in [6.45, 7) is 2.70. The molecule has 1 aromatic carbocycles. The third-order valence-corrected chi connectivity index (χ3v) is 3.87. The Morgan fingerprint density at radius 2 is 2.33 bits per heavy atom. The highest BCUT2D eigenvalue weighted by Gasteiger charge is 2.31. The fourth-order valence-electron chi connectivity index (χ4n) is 2.33. The van der Waals surface area contributed by atoms with Crippen molar-refractivity contribution in [3.05, 3.63) is 34.6 Å². The van der Waals surface area contributed by atoms with Gasteiger partial charge in [0.25, 0.3) is 0 Å². The van der Waals surface area contributed by atoms with E-state index in [9.17, 15) is 4.79 Å². The van der Waals surface area contributed by atoms with E-state index in [0.29, 0.717) is 11.5 Å². The Morgan fingerprint density at radius 1 is 1.52 bits per heavy atom. The summed E-state index contributed by atoms with van der Waals surface area (Å²) in [5.74, 6) is 1.24. The summed E-state index contributed by atoms with van der Waals surface area (Å²) in [6.07, 6.45) is 3.42. The van der Waals surface area contributed by atoms with Crippen molar-refractivity contribution in [1.29, 1.82) is 0 Å². The number of hydrogen-bond acceptors (Lipinski definition) is 4. The number of halogens is 1. The second-order valence-electron chi connectivity index (χ2n) is 4.80. The van der Waals surface area contributed by atoms with E-state index in [4.69, 9.17) is 4.74 Å². The van der Waals surface area contributed by atoms with E-state index in [-0.39, 0.29) is 11.9 Å². The van der Waals surface area contributed by atoms with Crippen LogP contribution in [0.1, 0.15) is 18.5 Å². The van der Waals surface area contributed by atoms with Crippen LogP contribution >= 0.6 is 15.9 Å². The van der Waals surface area contributed by atoms with Gasteiger partial charge in [-0.2, -0.15) is 5.10 Å². The van der Waals surface area contributed by atoms with E-state index in [1.807, 2.05) is 26.1 Å². The summed E-state index contributed by atoms with van der Waals surface area (Å²) >= 11 is 3.49. The smallest absolute Gasteiger partial charge is 0.246 e. The highest BCUT2D eigenvalue weighted by molar-refractivity contribution is 9.10. The van der Waals surface area contributed by atoms with Gasteiger partial charge in [-0.05, 0) is 28.5 Å². The number of benzene rings is 1. The fraction of sp³-hybridized carbons (Fsp3) is 0.286. The van der Waals surface area contributed by atoms with Crippen molar-refractivity contribution in [3.8, 4) is 11.5 Å². The molecule has 2 aromatic rings. The summed E-state index contributed by atoms with van der Waals surface area (Å²) in [6, 6.07) is 3.42. The number of carbonyl (C=O) groups excluding carboxylic acids is 1. The standard InChI is InChI=1S/C14H15BrN4O2/c1-3-16-13-9-4-10(15)12(5-11(9)18-14(13)20)21-8-6-17-19(2)7-8/h4-7,13,16H,3H2,1-2H3,(H,18,20). The molecule has 6 nitrogen and oxygen atoms in total. The van der Waals surface area contributed by atoms with E-state index >= 15 is 0 Å². The van der Waals surface area contributed by atoms with Crippen molar-refractivity contribution in [2.24, 2.45) is 7.05 Å². The van der Waals surface area contributed by atoms with Crippen LogP contribution in [0, 0.1) is 0 Å². The van der Waals surface area contributed by atoms with Crippen LogP contribution < -0.4 is 15.4 Å². The van der Waals surface area contributed by atoms with Crippen molar-refractivity contribution < 1.29 is 9.53 Å². The number of aryl methyl sites for hydroxylation is 1. The van der Waals surface area contributed by atoms with E-state index in [1.54, 1.807) is 17.1 Å². The molecule has 1 unspecified atom stereocenters. The molecule has 7 heteroatoms. The molecule has 1 atom stereocenters. The number of likely N-dealkylation sites (N-methyl/N-ethyl adjacent to an activating group) is 1. The Morgan fingerprint density at radius 3 is 3.00 bits per heavy atom. The van der Waals surface area contributed by atoms with Crippen molar-refractivity contribution in [3.63, 3.8) is 0 Å². The number of fused-ring (bicyclic) bond motifs is 1. The number of ether oxygens (including phenoxy) is 1. The fourth-order valence-corrected chi connectivity index (χ4v) is 2.77. The van der Waals surface area contributed by atoms with Gasteiger partial charge in [-0.15, -0.1) is 0 Å². The minimum Gasteiger partial charge on any atom is -0.453 e. The molecule has 3 rings (SSSR count). The van der Waals surface area contributed by atoms with E-state index in [0.717, 1.165) is 22.3 Å². The third-order valence-electron chi connectivity index (χ3n) is 3.25. The van der Waals surface area contributed by atoms with Crippen LogP contribution in [0.4, 0.5) is 5.69 Å². The lowest BCUT2D eigenvalue weighted by atomic mass is 10.1. The first-order valence-corrected chi connectivity index (χ1v) is 7.42. The Hall–Kier alpha value is -1.86. The van der Waals surface area contributed by atoms with E-state index < -0.39 is 0 Å². The van der Waals surface area contributed by atoms with Crippen molar-refractivity contribution in [2.45, 2.75) is 13.0 Å². The number of nitrogens with zero attached hydrogens (tertiary/aromatic N) is 2. The lowest BCUT2D eigenvalue weighted by Gasteiger charge is -2.11. The van der Waals surface area contributed by atoms with Crippen LogP contribution in [0.25, 0.3) is 0 Å². The first-order valence-electron chi connectivity index (χ1n) is 6.62. The lowest BCUT2D eigenvalue weighted by Crippen LogP contribution is -2.27. The van der Waals surface area contributed by atoms with Gasteiger partial charge in [0.15, 0.2) is 5.75 Å². The molecule has 1 aromatic heterocycles. The molecule has 0 bridgehead atoms. The number of hydrogen-bond donors (Lipinski definition) is 2. The van der Waals surface area contributed by atoms with E-state index in [2.05, 4.69) is 31.7 Å². The molecular formula is C14H15BrN4O2. The monoisotopic (exact) mass is 350 g/mol. The summed E-state index contributed by atoms with van der Waals surface area (Å²) in [4.78, 5) is 12.0. The predicted molar refractivity (Wildman–Crippen MR) is 82.5 cm³/mol. The minimum absolute atomic E-state index is 0.0442. The summed E-state index contributed by atoms with van der Waals surface area (Å²) < 4.78 is 8.25. The maximum atomic E-state index is 12.0. The topological polar surface area (TPSA) is 68.2 Å². The molecule has 2 heterocycles. The summed E-state index contributed by atoms with van der Waals surface area (Å²) in [7, 11) is 1.83. The molecule has 1 aliphatic heterocycles. The van der Waals surface area contributed by atoms with Crippen LogP contribution in [0.15, 0.2) is 29.0 Å². The summed E-state index contributed by atoms with van der Waals surface area (Å²) in [5.41, 5.74) is 1.69. The number of nitrogens with one attached hydrogen (secondary N) is 2. The molecule has 0 fully saturated rings. The quantitative estimate of drug-likeness (QED) is 0.889. The maximum absolute atomic E-state index is 12.0. The molecule has 1 amide bonds. The van der Waals surface area contributed by atoms with Gasteiger partial charge in [-0.1, -0.05) is 6.92 Å². The molecular weight excluding hydrogens is 336 g/mol. The number of carbonyl (C=O) groups is 1. The van der Waals surface area contributed by atoms with Gasteiger partial charge in [-0.25, -0.2) is 0 Å². The zero-order valence-electron chi connectivity index (χ0n) is 11.7. The van der Waals surface area contributed by atoms with Crippen LogP contribution in [-0.2, 0) is 11.8 Å². The first kappa shape index (κ1) is 14.1. The largest absolute Gasteiger partial charge is 0.453 e. The zero-order valence-corrected chi connectivity index (χ0v) is 13.3. The SMILES string of the molecule is CCNC1C(=O)Nc2cc(Oc3cnn(C)c3)c(Br)cc21. The van der Waals surface area contributed by atoms with Crippen molar-refractivity contribution in [2.75, 3.05) is 11.9 Å². The number of anilines is 1. The molecule has 0 spiro atoms. The first-order chi connectivity index (χ1) is 10.1. The van der Waals surface area contributed by atoms with Gasteiger partial charge >= 0.3 is 0 Å². The number of amides is 1. The predicted octanol–water partition coefficient (Wildman–Crippen LogP) is 2.58. The second-order valence-corrected chi connectivity index (χ2v) is 5.66.